The summed E-state index contributed by atoms with van der Waals surface area (Å²) in [5.41, 5.74) is 0.394. The first-order valence-corrected chi connectivity index (χ1v) is 5.98. The summed E-state index contributed by atoms with van der Waals surface area (Å²) in [6, 6.07) is 3.54. The zero-order chi connectivity index (χ0) is 13.1. The molecule has 5 heteroatoms. The topological polar surface area (TPSA) is 40.5 Å². The molecule has 1 saturated heterocycles. The van der Waals surface area contributed by atoms with Crippen molar-refractivity contribution in [2.24, 2.45) is 5.92 Å². The zero-order valence-corrected chi connectivity index (χ0v) is 9.90. The highest BCUT2D eigenvalue weighted by atomic mass is 19.1. The van der Waals surface area contributed by atoms with Crippen LogP contribution in [0.1, 0.15) is 19.3 Å². The summed E-state index contributed by atoms with van der Waals surface area (Å²) in [5.74, 6) is -1.78. The highest BCUT2D eigenvalue weighted by molar-refractivity contribution is 5.67. The van der Waals surface area contributed by atoms with Crippen LogP contribution in [0.25, 0.3) is 0 Å². The third-order valence-corrected chi connectivity index (χ3v) is 3.33. The molecule has 98 valence electrons. The standard InChI is InChI=1S/C13H15F2NO2/c14-10-1-2-12(11(15)8-10)16-5-3-9(4-6-16)7-13(17)18/h1-2,8-9H,3-7H2,(H,17,18). The number of carboxylic acid groups (broad SMARTS) is 1. The summed E-state index contributed by atoms with van der Waals surface area (Å²) in [6.07, 6.45) is 1.62. The maximum Gasteiger partial charge on any atom is 0.303 e. The summed E-state index contributed by atoms with van der Waals surface area (Å²) >= 11 is 0. The predicted molar refractivity (Wildman–Crippen MR) is 63.5 cm³/mol. The van der Waals surface area contributed by atoms with Crippen molar-refractivity contribution in [3.8, 4) is 0 Å². The third kappa shape index (κ3) is 2.97. The van der Waals surface area contributed by atoms with E-state index in [1.807, 2.05) is 4.90 Å². The van der Waals surface area contributed by atoms with Crippen molar-refractivity contribution in [3.05, 3.63) is 29.8 Å². The Morgan fingerprint density at radius 2 is 2.00 bits per heavy atom. The van der Waals surface area contributed by atoms with Crippen molar-refractivity contribution >= 4 is 11.7 Å². The fraction of sp³-hybridized carbons (Fsp3) is 0.462. The number of hydrogen-bond donors (Lipinski definition) is 1. The number of carboxylic acids is 1. The van der Waals surface area contributed by atoms with Crippen LogP contribution in [-0.4, -0.2) is 24.2 Å². The third-order valence-electron chi connectivity index (χ3n) is 3.33. The first-order valence-electron chi connectivity index (χ1n) is 5.98. The lowest BCUT2D eigenvalue weighted by atomic mass is 9.93. The van der Waals surface area contributed by atoms with Gasteiger partial charge in [0.25, 0.3) is 0 Å². The van der Waals surface area contributed by atoms with E-state index >= 15 is 0 Å². The molecule has 0 saturated carbocycles. The van der Waals surface area contributed by atoms with E-state index in [1.54, 1.807) is 0 Å². The average molecular weight is 255 g/mol. The molecule has 0 radical (unpaired) electrons. The SMILES string of the molecule is O=C(O)CC1CCN(c2ccc(F)cc2F)CC1. The molecule has 1 aromatic carbocycles. The Hall–Kier alpha value is -1.65. The van der Waals surface area contributed by atoms with E-state index in [2.05, 4.69) is 0 Å². The second-order valence-electron chi connectivity index (χ2n) is 4.62. The van der Waals surface area contributed by atoms with Crippen molar-refractivity contribution in [3.63, 3.8) is 0 Å². The predicted octanol–water partition coefficient (Wildman–Crippen LogP) is 2.66. The minimum absolute atomic E-state index is 0.155. The molecule has 18 heavy (non-hydrogen) atoms. The van der Waals surface area contributed by atoms with E-state index in [1.165, 1.54) is 12.1 Å². The molecule has 0 bridgehead atoms. The van der Waals surface area contributed by atoms with Gasteiger partial charge in [-0.05, 0) is 30.9 Å². The highest BCUT2D eigenvalue weighted by Crippen LogP contribution is 2.27. The van der Waals surface area contributed by atoms with Crippen LogP contribution in [0.3, 0.4) is 0 Å². The van der Waals surface area contributed by atoms with E-state index in [0.717, 1.165) is 18.9 Å². The van der Waals surface area contributed by atoms with Crippen LogP contribution >= 0.6 is 0 Å². The number of rotatable bonds is 3. The Labute approximate surface area is 104 Å². The van der Waals surface area contributed by atoms with Gasteiger partial charge in [0.15, 0.2) is 0 Å². The van der Waals surface area contributed by atoms with Crippen molar-refractivity contribution < 1.29 is 18.7 Å². The van der Waals surface area contributed by atoms with E-state index < -0.39 is 17.6 Å². The van der Waals surface area contributed by atoms with Crippen LogP contribution in [0.4, 0.5) is 14.5 Å². The molecule has 1 fully saturated rings. The second kappa shape index (κ2) is 5.33. The maximum absolute atomic E-state index is 13.6. The van der Waals surface area contributed by atoms with Gasteiger partial charge in [0.1, 0.15) is 11.6 Å². The summed E-state index contributed by atoms with van der Waals surface area (Å²) < 4.78 is 26.4. The number of aliphatic carboxylic acids is 1. The Bertz CT molecular complexity index is 443. The van der Waals surface area contributed by atoms with Gasteiger partial charge in [0, 0.05) is 25.6 Å². The number of anilines is 1. The quantitative estimate of drug-likeness (QED) is 0.902. The number of nitrogens with zero attached hydrogens (tertiary/aromatic N) is 1. The van der Waals surface area contributed by atoms with Gasteiger partial charge in [0.2, 0.25) is 0 Å². The molecule has 0 aromatic heterocycles. The molecular weight excluding hydrogens is 240 g/mol. The Balaban J connectivity index is 1.99. The number of benzene rings is 1. The molecule has 3 nitrogen and oxygen atoms in total. The Morgan fingerprint density at radius 1 is 1.33 bits per heavy atom. The van der Waals surface area contributed by atoms with Crippen molar-refractivity contribution in [1.82, 2.24) is 0 Å². The molecule has 1 aliphatic heterocycles. The van der Waals surface area contributed by atoms with E-state index in [4.69, 9.17) is 5.11 Å². The van der Waals surface area contributed by atoms with Gasteiger partial charge in [-0.1, -0.05) is 0 Å². The van der Waals surface area contributed by atoms with Gasteiger partial charge >= 0.3 is 5.97 Å². The fourth-order valence-corrected chi connectivity index (χ4v) is 2.36. The number of piperidine rings is 1. The van der Waals surface area contributed by atoms with Gasteiger partial charge in [-0.25, -0.2) is 8.78 Å². The first-order chi connectivity index (χ1) is 8.56. The van der Waals surface area contributed by atoms with Crippen LogP contribution < -0.4 is 4.90 Å². The van der Waals surface area contributed by atoms with Crippen LogP contribution in [0.15, 0.2) is 18.2 Å². The number of carbonyl (C=O) groups is 1. The molecule has 1 aliphatic rings. The molecule has 0 atom stereocenters. The first kappa shape index (κ1) is 12.8. The van der Waals surface area contributed by atoms with Crippen LogP contribution in [0.5, 0.6) is 0 Å². The van der Waals surface area contributed by atoms with Crippen LogP contribution in [0.2, 0.25) is 0 Å². The van der Waals surface area contributed by atoms with Gasteiger partial charge in [-0.3, -0.25) is 4.79 Å². The van der Waals surface area contributed by atoms with Crippen molar-refractivity contribution in [1.29, 1.82) is 0 Å². The molecule has 1 N–H and O–H groups in total. The van der Waals surface area contributed by atoms with E-state index in [9.17, 15) is 13.6 Å². The fourth-order valence-electron chi connectivity index (χ4n) is 2.36. The van der Waals surface area contributed by atoms with Gasteiger partial charge < -0.3 is 10.0 Å². The van der Waals surface area contributed by atoms with Crippen LogP contribution in [-0.2, 0) is 4.79 Å². The van der Waals surface area contributed by atoms with E-state index in [-0.39, 0.29) is 12.3 Å². The second-order valence-corrected chi connectivity index (χ2v) is 4.62. The summed E-state index contributed by atoms with van der Waals surface area (Å²) in [5, 5.41) is 8.71. The van der Waals surface area contributed by atoms with E-state index in [0.29, 0.717) is 18.8 Å². The molecule has 0 spiro atoms. The normalized spacial score (nSPS) is 16.9. The van der Waals surface area contributed by atoms with Crippen molar-refractivity contribution in [2.45, 2.75) is 19.3 Å². The number of halogens is 2. The monoisotopic (exact) mass is 255 g/mol. The van der Waals surface area contributed by atoms with Crippen LogP contribution in [0, 0.1) is 17.6 Å². The molecule has 0 aliphatic carbocycles. The number of hydrogen-bond acceptors (Lipinski definition) is 2. The van der Waals surface area contributed by atoms with Gasteiger partial charge in [-0.15, -0.1) is 0 Å². The van der Waals surface area contributed by atoms with Gasteiger partial charge in [0.05, 0.1) is 5.69 Å². The lowest BCUT2D eigenvalue weighted by Crippen LogP contribution is -2.34. The largest absolute Gasteiger partial charge is 0.481 e. The average Bonchev–Trinajstić information content (AvgIpc) is 2.30. The maximum atomic E-state index is 13.6. The zero-order valence-electron chi connectivity index (χ0n) is 9.90. The summed E-state index contributed by atoms with van der Waals surface area (Å²) in [7, 11) is 0. The minimum atomic E-state index is -0.790. The summed E-state index contributed by atoms with van der Waals surface area (Å²) in [6.45, 7) is 1.22. The summed E-state index contributed by atoms with van der Waals surface area (Å²) in [4.78, 5) is 12.4. The molecule has 0 amide bonds. The Kier molecular flexibility index (Phi) is 3.79. The highest BCUT2D eigenvalue weighted by Gasteiger charge is 2.22. The van der Waals surface area contributed by atoms with Crippen molar-refractivity contribution in [2.75, 3.05) is 18.0 Å². The lowest BCUT2D eigenvalue weighted by Gasteiger charge is -2.33. The molecule has 0 unspecified atom stereocenters. The minimum Gasteiger partial charge on any atom is -0.481 e. The molecule has 2 rings (SSSR count). The lowest BCUT2D eigenvalue weighted by molar-refractivity contribution is -0.138. The Morgan fingerprint density at radius 3 is 2.56 bits per heavy atom. The molecule has 1 aromatic rings. The molecular formula is C13H15F2NO2. The smallest absolute Gasteiger partial charge is 0.303 e. The molecule has 1 heterocycles. The van der Waals surface area contributed by atoms with Gasteiger partial charge in [-0.2, -0.15) is 0 Å².